The van der Waals surface area contributed by atoms with Gasteiger partial charge in [0.25, 0.3) is 5.91 Å². The number of aromatic nitrogens is 2. The second-order valence-electron chi connectivity index (χ2n) is 8.74. The van der Waals surface area contributed by atoms with Crippen molar-refractivity contribution < 1.29 is 9.59 Å². The Labute approximate surface area is 221 Å². The van der Waals surface area contributed by atoms with Crippen molar-refractivity contribution in [3.63, 3.8) is 0 Å². The van der Waals surface area contributed by atoms with Gasteiger partial charge in [-0.1, -0.05) is 52.3 Å². The van der Waals surface area contributed by atoms with Crippen molar-refractivity contribution in [2.24, 2.45) is 11.0 Å². The molecule has 0 bridgehead atoms. The molecule has 0 radical (unpaired) electrons. The molecule has 3 aromatic carbocycles. The second-order valence-corrected chi connectivity index (χ2v) is 9.66. The van der Waals surface area contributed by atoms with Crippen LogP contribution in [0.15, 0.2) is 94.5 Å². The topological polar surface area (TPSA) is 94.6 Å². The SMILES string of the molecule is Cc1nn(-c2ccccc2)c(C2=NN(c3ccc(Br)cc3)[C@@H]3C(=O)N(c4ccccc4)C(=O)[C@H]23)c1C#N. The van der Waals surface area contributed by atoms with Crippen LogP contribution in [0, 0.1) is 24.2 Å². The lowest BCUT2D eigenvalue weighted by atomic mass is 9.93. The zero-order valence-corrected chi connectivity index (χ0v) is 21.2. The molecule has 0 aliphatic carbocycles. The molecular weight excluding hydrogens is 532 g/mol. The molecule has 9 heteroatoms. The van der Waals surface area contributed by atoms with E-state index < -0.39 is 12.0 Å². The van der Waals surface area contributed by atoms with Crippen LogP contribution in [0.25, 0.3) is 5.69 Å². The summed E-state index contributed by atoms with van der Waals surface area (Å²) in [6, 6.07) is 27.0. The number of carbonyl (C=O) groups excluding carboxylic acids is 2. The molecule has 1 aromatic heterocycles. The van der Waals surface area contributed by atoms with Crippen molar-refractivity contribution in [2.75, 3.05) is 9.91 Å². The first-order valence-corrected chi connectivity index (χ1v) is 12.4. The van der Waals surface area contributed by atoms with Crippen molar-refractivity contribution in [3.8, 4) is 11.8 Å². The largest absolute Gasteiger partial charge is 0.273 e. The van der Waals surface area contributed by atoms with Crippen molar-refractivity contribution in [3.05, 3.63) is 106 Å². The van der Waals surface area contributed by atoms with Crippen molar-refractivity contribution in [1.29, 1.82) is 5.26 Å². The fourth-order valence-electron chi connectivity index (χ4n) is 4.90. The highest BCUT2D eigenvalue weighted by Gasteiger charge is 2.58. The monoisotopic (exact) mass is 550 g/mol. The predicted molar refractivity (Wildman–Crippen MR) is 142 cm³/mol. The Hall–Kier alpha value is -4.55. The van der Waals surface area contributed by atoms with Gasteiger partial charge in [0, 0.05) is 4.47 Å². The molecular formula is C28H19BrN6O2. The number of aryl methyl sites for hydroxylation is 1. The smallest absolute Gasteiger partial charge is 0.259 e. The summed E-state index contributed by atoms with van der Waals surface area (Å²) in [7, 11) is 0. The summed E-state index contributed by atoms with van der Waals surface area (Å²) in [6.45, 7) is 1.75. The fourth-order valence-corrected chi connectivity index (χ4v) is 5.17. The number of carbonyl (C=O) groups is 2. The summed E-state index contributed by atoms with van der Waals surface area (Å²) in [6.07, 6.45) is 0. The molecule has 180 valence electrons. The Morgan fingerprint density at radius 3 is 2.08 bits per heavy atom. The first-order valence-electron chi connectivity index (χ1n) is 11.6. The van der Waals surface area contributed by atoms with Crippen LogP contribution in [0.5, 0.6) is 0 Å². The van der Waals surface area contributed by atoms with Crippen molar-refractivity contribution in [2.45, 2.75) is 13.0 Å². The molecule has 2 aliphatic heterocycles. The van der Waals surface area contributed by atoms with E-state index in [4.69, 9.17) is 5.10 Å². The number of nitrogens with zero attached hydrogens (tertiary/aromatic N) is 6. The van der Waals surface area contributed by atoms with Crippen LogP contribution in [-0.4, -0.2) is 33.3 Å². The summed E-state index contributed by atoms with van der Waals surface area (Å²) in [5.74, 6) is -1.67. The molecule has 8 nitrogen and oxygen atoms in total. The maximum absolute atomic E-state index is 13.9. The average Bonchev–Trinajstić information content (AvgIpc) is 3.55. The standard InChI is InChI=1S/C28H19BrN6O2/c1-17-22(16-30)25(34(31-17)20-10-6-3-7-11-20)24-23-26(35(32-24)21-14-12-18(29)13-15-21)28(37)33(27(23)36)19-8-4-2-5-9-19/h2-15,23,26H,1H3/t23-,26+/m1/s1. The first-order chi connectivity index (χ1) is 18.0. The molecule has 2 atom stereocenters. The molecule has 1 fully saturated rings. The maximum atomic E-state index is 13.9. The minimum Gasteiger partial charge on any atom is -0.273 e. The zero-order valence-electron chi connectivity index (χ0n) is 19.6. The van der Waals surface area contributed by atoms with E-state index in [9.17, 15) is 14.9 Å². The number of rotatable bonds is 4. The lowest BCUT2D eigenvalue weighted by molar-refractivity contribution is -0.121. The number of para-hydroxylation sites is 2. The molecule has 0 saturated carbocycles. The highest BCUT2D eigenvalue weighted by Crippen LogP contribution is 2.40. The predicted octanol–water partition coefficient (Wildman–Crippen LogP) is 4.60. The Morgan fingerprint density at radius 1 is 0.838 bits per heavy atom. The molecule has 0 N–H and O–H groups in total. The third kappa shape index (κ3) is 3.57. The van der Waals surface area contributed by atoms with Gasteiger partial charge in [-0.15, -0.1) is 0 Å². The Kier molecular flexibility index (Phi) is 5.46. The van der Waals surface area contributed by atoms with Gasteiger partial charge in [0.15, 0.2) is 0 Å². The van der Waals surface area contributed by atoms with E-state index in [1.165, 1.54) is 4.90 Å². The van der Waals surface area contributed by atoms with Crippen LogP contribution >= 0.6 is 15.9 Å². The zero-order chi connectivity index (χ0) is 25.7. The van der Waals surface area contributed by atoms with E-state index >= 15 is 0 Å². The second kappa shape index (κ2) is 8.84. The van der Waals surface area contributed by atoms with Crippen LogP contribution in [0.3, 0.4) is 0 Å². The van der Waals surface area contributed by atoms with Gasteiger partial charge in [-0.05, 0) is 55.5 Å². The number of hydrogen-bond acceptors (Lipinski definition) is 6. The number of anilines is 2. The number of imide groups is 1. The molecule has 0 unspecified atom stereocenters. The molecule has 0 spiro atoms. The minimum absolute atomic E-state index is 0.317. The van der Waals surface area contributed by atoms with E-state index in [0.29, 0.717) is 34.0 Å². The van der Waals surface area contributed by atoms with Crippen LogP contribution in [0.2, 0.25) is 0 Å². The molecule has 2 aliphatic rings. The summed E-state index contributed by atoms with van der Waals surface area (Å²) in [4.78, 5) is 29.0. The number of hydrazone groups is 1. The van der Waals surface area contributed by atoms with E-state index in [-0.39, 0.29) is 11.8 Å². The van der Waals surface area contributed by atoms with Crippen LogP contribution in [-0.2, 0) is 9.59 Å². The van der Waals surface area contributed by atoms with Crippen LogP contribution in [0.1, 0.15) is 17.0 Å². The van der Waals surface area contributed by atoms with Gasteiger partial charge in [0.1, 0.15) is 35.0 Å². The van der Waals surface area contributed by atoms with Crippen LogP contribution in [0.4, 0.5) is 11.4 Å². The van der Waals surface area contributed by atoms with Crippen molar-refractivity contribution in [1.82, 2.24) is 9.78 Å². The van der Waals surface area contributed by atoms with Gasteiger partial charge < -0.3 is 0 Å². The number of nitriles is 1. The van der Waals surface area contributed by atoms with Gasteiger partial charge in [0.05, 0.1) is 22.8 Å². The molecule has 1 saturated heterocycles. The lowest BCUT2D eigenvalue weighted by Crippen LogP contribution is -2.39. The molecule has 6 rings (SSSR count). The number of hydrogen-bond donors (Lipinski definition) is 0. The highest BCUT2D eigenvalue weighted by atomic mass is 79.9. The van der Waals surface area contributed by atoms with Gasteiger partial charge in [-0.3, -0.25) is 14.6 Å². The van der Waals surface area contributed by atoms with Gasteiger partial charge in [-0.2, -0.15) is 15.5 Å². The third-order valence-electron chi connectivity index (χ3n) is 6.57. The molecule has 2 amide bonds. The minimum atomic E-state index is -0.915. The van der Waals surface area contributed by atoms with Gasteiger partial charge in [-0.25, -0.2) is 9.58 Å². The summed E-state index contributed by atoms with van der Waals surface area (Å²) in [5, 5.41) is 21.1. The normalized spacial score (nSPS) is 18.7. The lowest BCUT2D eigenvalue weighted by Gasteiger charge is -2.22. The number of benzene rings is 3. The van der Waals surface area contributed by atoms with E-state index in [0.717, 1.165) is 10.2 Å². The molecule has 37 heavy (non-hydrogen) atoms. The Morgan fingerprint density at radius 2 is 1.46 bits per heavy atom. The Balaban J connectivity index is 1.58. The van der Waals surface area contributed by atoms with E-state index in [1.54, 1.807) is 40.9 Å². The average molecular weight is 551 g/mol. The highest BCUT2D eigenvalue weighted by molar-refractivity contribution is 9.10. The summed E-state index contributed by atoms with van der Waals surface area (Å²) >= 11 is 3.45. The fraction of sp³-hybridized carbons (Fsp3) is 0.107. The van der Waals surface area contributed by atoms with E-state index in [2.05, 4.69) is 27.1 Å². The summed E-state index contributed by atoms with van der Waals surface area (Å²) in [5.41, 5.74) is 3.46. The first kappa shape index (κ1) is 22.9. The number of halogens is 1. The van der Waals surface area contributed by atoms with E-state index in [1.807, 2.05) is 60.7 Å². The molecule has 4 aromatic rings. The third-order valence-corrected chi connectivity index (χ3v) is 7.10. The molecule has 3 heterocycles. The van der Waals surface area contributed by atoms with Gasteiger partial charge in [0.2, 0.25) is 5.91 Å². The number of fused-ring (bicyclic) bond motifs is 1. The maximum Gasteiger partial charge on any atom is 0.259 e. The van der Waals surface area contributed by atoms with Gasteiger partial charge >= 0.3 is 0 Å². The number of amides is 2. The quantitative estimate of drug-likeness (QED) is 0.346. The Bertz CT molecular complexity index is 1610. The van der Waals surface area contributed by atoms with Crippen LogP contribution < -0.4 is 9.91 Å². The summed E-state index contributed by atoms with van der Waals surface area (Å²) < 4.78 is 2.51. The van der Waals surface area contributed by atoms with Crippen molar-refractivity contribution >= 4 is 44.8 Å².